The molecule has 10 heteroatoms. The van der Waals surface area contributed by atoms with Crippen LogP contribution in [0.3, 0.4) is 0 Å². The van der Waals surface area contributed by atoms with Gasteiger partial charge in [-0.3, -0.25) is 14.7 Å². The van der Waals surface area contributed by atoms with Crippen molar-refractivity contribution in [3.05, 3.63) is 74.7 Å². The van der Waals surface area contributed by atoms with Crippen LogP contribution in [0.1, 0.15) is 19.4 Å². The zero-order chi connectivity index (χ0) is 23.8. The number of hydrogen-bond acceptors (Lipinski definition) is 8. The second kappa shape index (κ2) is 8.40. The van der Waals surface area contributed by atoms with Crippen LogP contribution < -0.4 is 26.8 Å². The Kier molecular flexibility index (Phi) is 5.60. The van der Waals surface area contributed by atoms with Gasteiger partial charge in [0.05, 0.1) is 17.4 Å². The van der Waals surface area contributed by atoms with Crippen LogP contribution in [0.5, 0.6) is 5.75 Å². The molecule has 0 aliphatic heterocycles. The maximum atomic E-state index is 13.2. The fourth-order valence-electron chi connectivity index (χ4n) is 3.33. The number of amides is 1. The van der Waals surface area contributed by atoms with Crippen molar-refractivity contribution in [3.63, 3.8) is 0 Å². The van der Waals surface area contributed by atoms with E-state index in [2.05, 4.69) is 15.5 Å². The maximum Gasteiger partial charge on any atom is 0.419 e. The molecule has 10 nitrogen and oxygen atoms in total. The third kappa shape index (κ3) is 4.28. The molecule has 0 saturated carbocycles. The van der Waals surface area contributed by atoms with E-state index in [1.54, 1.807) is 50.4 Å². The fraction of sp³-hybridized carbons (Fsp3) is 0.217. The monoisotopic (exact) mass is 449 g/mol. The van der Waals surface area contributed by atoms with Crippen LogP contribution in [0.15, 0.2) is 58.3 Å². The number of aromatic hydroxyl groups is 1. The molecule has 0 atom stereocenters. The van der Waals surface area contributed by atoms with Crippen molar-refractivity contribution in [2.45, 2.75) is 26.0 Å². The van der Waals surface area contributed by atoms with Crippen molar-refractivity contribution >= 4 is 34.1 Å². The number of phenolic OH excluding ortho intramolecular Hbond substituents is 1. The van der Waals surface area contributed by atoms with Crippen LogP contribution >= 0.6 is 0 Å². The Labute approximate surface area is 188 Å². The van der Waals surface area contributed by atoms with Crippen LogP contribution in [0, 0.1) is 0 Å². The zero-order valence-electron chi connectivity index (χ0n) is 18.1. The molecule has 0 saturated heterocycles. The summed E-state index contributed by atoms with van der Waals surface area (Å²) in [5, 5.41) is 20.1. The molecule has 5 N–H and O–H groups in total. The fourth-order valence-corrected chi connectivity index (χ4v) is 3.33. The molecule has 0 radical (unpaired) electrons. The third-order valence-electron chi connectivity index (χ3n) is 5.21. The Bertz CT molecular complexity index is 1400. The number of nitrogens with zero attached hydrogens (tertiary/aromatic N) is 2. The topological polar surface area (TPSA) is 151 Å². The SMILES string of the molecule is CC(C)(CN)OC(=O)N(c1ccc2[nH]ncc2c1)c1c(NCc2cccc(O)c2)c(=O)c1=O. The smallest absolute Gasteiger partial charge is 0.419 e. The highest BCUT2D eigenvalue weighted by molar-refractivity contribution is 6.02. The van der Waals surface area contributed by atoms with E-state index < -0.39 is 22.6 Å². The number of rotatable bonds is 7. The predicted molar refractivity (Wildman–Crippen MR) is 125 cm³/mol. The van der Waals surface area contributed by atoms with Gasteiger partial charge in [0.15, 0.2) is 0 Å². The number of nitrogens with one attached hydrogen (secondary N) is 2. The minimum Gasteiger partial charge on any atom is -0.508 e. The summed E-state index contributed by atoms with van der Waals surface area (Å²) in [6.45, 7) is 3.50. The van der Waals surface area contributed by atoms with Crippen LogP contribution in [-0.4, -0.2) is 33.5 Å². The van der Waals surface area contributed by atoms with Gasteiger partial charge in [-0.15, -0.1) is 0 Å². The molecule has 0 bridgehead atoms. The van der Waals surface area contributed by atoms with E-state index in [9.17, 15) is 19.5 Å². The molecule has 33 heavy (non-hydrogen) atoms. The van der Waals surface area contributed by atoms with Gasteiger partial charge in [-0.25, -0.2) is 9.69 Å². The lowest BCUT2D eigenvalue weighted by Crippen LogP contribution is -2.46. The van der Waals surface area contributed by atoms with Gasteiger partial charge in [-0.2, -0.15) is 5.10 Å². The van der Waals surface area contributed by atoms with E-state index in [0.717, 1.165) is 10.4 Å². The number of phenols is 1. The molecule has 0 fully saturated rings. The molecule has 4 rings (SSSR count). The molecular weight excluding hydrogens is 426 g/mol. The summed E-state index contributed by atoms with van der Waals surface area (Å²) >= 11 is 0. The molecule has 3 aromatic carbocycles. The van der Waals surface area contributed by atoms with Crippen LogP contribution in [0.4, 0.5) is 21.9 Å². The standard InChI is InChI=1S/C23H23N5O5/c1-23(2,12-24)33-22(32)28(15-6-7-17-14(9-15)11-26-27-17)19-18(20(30)21(19)31)25-10-13-4-3-5-16(29)8-13/h3-9,11,25,29H,10,12,24H2,1-2H3,(H,26,27). The predicted octanol–water partition coefficient (Wildman–Crippen LogP) is 2.49. The van der Waals surface area contributed by atoms with E-state index in [4.69, 9.17) is 10.5 Å². The third-order valence-corrected chi connectivity index (χ3v) is 5.21. The normalized spacial score (nSPS) is 11.6. The molecule has 0 spiro atoms. The van der Waals surface area contributed by atoms with Crippen molar-refractivity contribution in [3.8, 4) is 5.75 Å². The average molecular weight is 449 g/mol. The number of aromatic nitrogens is 2. The van der Waals surface area contributed by atoms with Crippen molar-refractivity contribution in [1.82, 2.24) is 10.2 Å². The number of anilines is 3. The molecule has 4 aromatic rings. The highest BCUT2D eigenvalue weighted by Gasteiger charge is 2.34. The van der Waals surface area contributed by atoms with Crippen LogP contribution in [-0.2, 0) is 11.3 Å². The first-order valence-electron chi connectivity index (χ1n) is 10.2. The van der Waals surface area contributed by atoms with Crippen molar-refractivity contribution < 1.29 is 14.6 Å². The molecule has 170 valence electrons. The Balaban J connectivity index is 1.74. The summed E-state index contributed by atoms with van der Waals surface area (Å²) < 4.78 is 5.54. The van der Waals surface area contributed by atoms with Gasteiger partial charge in [0, 0.05) is 18.5 Å². The molecule has 1 amide bonds. The minimum atomic E-state index is -0.998. The summed E-state index contributed by atoms with van der Waals surface area (Å²) in [6, 6.07) is 11.4. The van der Waals surface area contributed by atoms with Crippen LogP contribution in [0.25, 0.3) is 10.9 Å². The summed E-state index contributed by atoms with van der Waals surface area (Å²) in [7, 11) is 0. The average Bonchev–Trinajstić information content (AvgIpc) is 3.25. The summed E-state index contributed by atoms with van der Waals surface area (Å²) in [4.78, 5) is 39.3. The van der Waals surface area contributed by atoms with Crippen LogP contribution in [0.2, 0.25) is 0 Å². The number of fused-ring (bicyclic) bond motifs is 1. The van der Waals surface area contributed by atoms with Crippen molar-refractivity contribution in [2.75, 3.05) is 16.8 Å². The van der Waals surface area contributed by atoms with Gasteiger partial charge < -0.3 is 20.9 Å². The Hall–Kier alpha value is -4.18. The summed E-state index contributed by atoms with van der Waals surface area (Å²) in [6.07, 6.45) is 0.732. The lowest BCUT2D eigenvalue weighted by atomic mass is 10.1. The van der Waals surface area contributed by atoms with E-state index >= 15 is 0 Å². The lowest BCUT2D eigenvalue weighted by Gasteiger charge is -2.30. The lowest BCUT2D eigenvalue weighted by molar-refractivity contribution is 0.0522. The second-order valence-corrected chi connectivity index (χ2v) is 8.21. The number of ether oxygens (including phenoxy) is 1. The first-order chi connectivity index (χ1) is 15.7. The van der Waals surface area contributed by atoms with Gasteiger partial charge in [0.25, 0.3) is 10.9 Å². The minimum absolute atomic E-state index is 0.0156. The highest BCUT2D eigenvalue weighted by Crippen LogP contribution is 2.32. The zero-order valence-corrected chi connectivity index (χ0v) is 18.1. The first-order valence-corrected chi connectivity index (χ1v) is 10.2. The number of H-pyrrole nitrogens is 1. The second-order valence-electron chi connectivity index (χ2n) is 8.21. The van der Waals surface area contributed by atoms with Crippen molar-refractivity contribution in [1.29, 1.82) is 0 Å². The number of hydrogen-bond donors (Lipinski definition) is 4. The number of carbonyl (C=O) groups is 1. The van der Waals surface area contributed by atoms with Gasteiger partial charge in [-0.05, 0) is 49.7 Å². The molecule has 1 heterocycles. The van der Waals surface area contributed by atoms with Gasteiger partial charge >= 0.3 is 6.09 Å². The van der Waals surface area contributed by atoms with E-state index in [1.165, 1.54) is 12.1 Å². The molecule has 0 unspecified atom stereocenters. The number of benzene rings is 2. The Morgan fingerprint density at radius 3 is 2.73 bits per heavy atom. The summed E-state index contributed by atoms with van der Waals surface area (Å²) in [5.41, 5.74) is 4.76. The first kappa shape index (κ1) is 22.0. The van der Waals surface area contributed by atoms with E-state index in [1.807, 2.05) is 0 Å². The summed E-state index contributed by atoms with van der Waals surface area (Å²) in [5.74, 6) is 0.0714. The number of carbonyl (C=O) groups excluding carboxylic acids is 1. The number of nitrogens with two attached hydrogens (primary N) is 1. The Morgan fingerprint density at radius 1 is 1.21 bits per heavy atom. The molecular formula is C23H23N5O5. The van der Waals surface area contributed by atoms with E-state index in [-0.39, 0.29) is 30.2 Å². The molecule has 0 aliphatic carbocycles. The highest BCUT2D eigenvalue weighted by atomic mass is 16.6. The molecule has 1 aromatic heterocycles. The Morgan fingerprint density at radius 2 is 2.00 bits per heavy atom. The van der Waals surface area contributed by atoms with Gasteiger partial charge in [0.2, 0.25) is 0 Å². The molecule has 0 aliphatic rings. The largest absolute Gasteiger partial charge is 0.508 e. The quantitative estimate of drug-likeness (QED) is 0.314. The maximum absolute atomic E-state index is 13.2. The number of aromatic amines is 1. The van der Waals surface area contributed by atoms with Gasteiger partial charge in [-0.1, -0.05) is 12.1 Å². The van der Waals surface area contributed by atoms with Gasteiger partial charge in [0.1, 0.15) is 22.7 Å². The van der Waals surface area contributed by atoms with Crippen molar-refractivity contribution in [2.24, 2.45) is 5.73 Å². The van der Waals surface area contributed by atoms with E-state index in [0.29, 0.717) is 16.6 Å².